The minimum Gasteiger partial charge on any atom is -0.357 e. The molecular weight excluding hydrogens is 355 g/mol. The minimum absolute atomic E-state index is 0.0294. The fourth-order valence-corrected chi connectivity index (χ4v) is 2.67. The maximum Gasteiger partial charge on any atom is 0.224 e. The topological polar surface area (TPSA) is 65.5 Å². The Labute approximate surface area is 166 Å². The fourth-order valence-electron chi connectivity index (χ4n) is 2.67. The van der Waals surface area contributed by atoms with Gasteiger partial charge in [0, 0.05) is 25.2 Å². The number of carbonyl (C=O) groups excluding carboxylic acids is 1. The molecule has 2 rings (SSSR count). The van der Waals surface area contributed by atoms with Crippen molar-refractivity contribution >= 4 is 17.6 Å². The van der Waals surface area contributed by atoms with Crippen LogP contribution in [-0.2, 0) is 17.8 Å². The van der Waals surface area contributed by atoms with Crippen LogP contribution in [0.4, 0.5) is 10.1 Å². The van der Waals surface area contributed by atoms with Crippen LogP contribution in [0.3, 0.4) is 0 Å². The molecule has 6 heteroatoms. The number of carbonyl (C=O) groups is 1. The van der Waals surface area contributed by atoms with Gasteiger partial charge in [0.2, 0.25) is 5.91 Å². The summed E-state index contributed by atoms with van der Waals surface area (Å²) in [7, 11) is 0. The van der Waals surface area contributed by atoms with Crippen molar-refractivity contribution in [3.63, 3.8) is 0 Å². The van der Waals surface area contributed by atoms with Crippen molar-refractivity contribution in [2.24, 2.45) is 4.99 Å². The van der Waals surface area contributed by atoms with Gasteiger partial charge >= 0.3 is 0 Å². The summed E-state index contributed by atoms with van der Waals surface area (Å²) in [5.74, 6) is 0.540. The molecule has 0 aliphatic carbocycles. The molecule has 0 saturated heterocycles. The molecule has 0 aliphatic heterocycles. The maximum absolute atomic E-state index is 13.7. The SMILES string of the molecule is CCCC(=O)Nc1ccc(CN=C(NCC)NCCc2ccccc2F)cc1. The van der Waals surface area contributed by atoms with E-state index in [2.05, 4.69) is 20.9 Å². The summed E-state index contributed by atoms with van der Waals surface area (Å²) >= 11 is 0. The van der Waals surface area contributed by atoms with E-state index in [1.807, 2.05) is 44.2 Å². The molecule has 2 aromatic carbocycles. The zero-order valence-corrected chi connectivity index (χ0v) is 16.6. The Kier molecular flexibility index (Phi) is 8.98. The zero-order valence-electron chi connectivity index (χ0n) is 16.6. The van der Waals surface area contributed by atoms with Crippen LogP contribution >= 0.6 is 0 Å². The van der Waals surface area contributed by atoms with Crippen LogP contribution < -0.4 is 16.0 Å². The van der Waals surface area contributed by atoms with Gasteiger partial charge in [0.1, 0.15) is 5.82 Å². The second-order valence-corrected chi connectivity index (χ2v) is 6.46. The van der Waals surface area contributed by atoms with Gasteiger partial charge in [-0.05, 0) is 49.1 Å². The second kappa shape index (κ2) is 11.7. The van der Waals surface area contributed by atoms with Crippen LogP contribution in [0.1, 0.15) is 37.8 Å². The van der Waals surface area contributed by atoms with E-state index >= 15 is 0 Å². The summed E-state index contributed by atoms with van der Waals surface area (Å²) in [4.78, 5) is 16.2. The number of amides is 1. The number of anilines is 1. The highest BCUT2D eigenvalue weighted by molar-refractivity contribution is 5.90. The fraction of sp³-hybridized carbons (Fsp3) is 0.364. The van der Waals surface area contributed by atoms with Gasteiger partial charge in [-0.25, -0.2) is 9.38 Å². The third-order valence-corrected chi connectivity index (χ3v) is 4.12. The highest BCUT2D eigenvalue weighted by Crippen LogP contribution is 2.11. The van der Waals surface area contributed by atoms with E-state index in [0.717, 1.165) is 24.2 Å². The van der Waals surface area contributed by atoms with Crippen molar-refractivity contribution in [2.75, 3.05) is 18.4 Å². The lowest BCUT2D eigenvalue weighted by molar-refractivity contribution is -0.116. The van der Waals surface area contributed by atoms with Gasteiger partial charge in [0.15, 0.2) is 5.96 Å². The van der Waals surface area contributed by atoms with Crippen LogP contribution in [0.25, 0.3) is 0 Å². The number of hydrogen-bond donors (Lipinski definition) is 3. The summed E-state index contributed by atoms with van der Waals surface area (Å²) in [5.41, 5.74) is 2.52. The first-order valence-corrected chi connectivity index (χ1v) is 9.76. The lowest BCUT2D eigenvalue weighted by atomic mass is 10.1. The van der Waals surface area contributed by atoms with Crippen molar-refractivity contribution in [1.82, 2.24) is 10.6 Å². The van der Waals surface area contributed by atoms with Crippen molar-refractivity contribution in [3.05, 3.63) is 65.5 Å². The molecule has 5 nitrogen and oxygen atoms in total. The third-order valence-electron chi connectivity index (χ3n) is 4.12. The van der Waals surface area contributed by atoms with Crippen LogP contribution in [0, 0.1) is 5.82 Å². The molecule has 150 valence electrons. The Morgan fingerprint density at radius 1 is 1.04 bits per heavy atom. The van der Waals surface area contributed by atoms with E-state index in [1.54, 1.807) is 12.1 Å². The number of halogens is 1. The smallest absolute Gasteiger partial charge is 0.224 e. The molecule has 0 aliphatic rings. The molecule has 1 amide bonds. The van der Waals surface area contributed by atoms with Gasteiger partial charge in [-0.15, -0.1) is 0 Å². The highest BCUT2D eigenvalue weighted by atomic mass is 19.1. The van der Waals surface area contributed by atoms with Gasteiger partial charge in [-0.3, -0.25) is 4.79 Å². The minimum atomic E-state index is -0.183. The Morgan fingerprint density at radius 3 is 2.46 bits per heavy atom. The van der Waals surface area contributed by atoms with Crippen molar-refractivity contribution in [1.29, 1.82) is 0 Å². The Hall–Kier alpha value is -2.89. The van der Waals surface area contributed by atoms with Crippen LogP contribution in [0.5, 0.6) is 0 Å². The molecular formula is C22H29FN4O. The predicted molar refractivity (Wildman–Crippen MR) is 113 cm³/mol. The first-order valence-electron chi connectivity index (χ1n) is 9.76. The molecule has 0 bridgehead atoms. The second-order valence-electron chi connectivity index (χ2n) is 6.46. The number of guanidine groups is 1. The molecule has 3 N–H and O–H groups in total. The van der Waals surface area contributed by atoms with Gasteiger partial charge in [0.05, 0.1) is 6.54 Å². The van der Waals surface area contributed by atoms with E-state index in [9.17, 15) is 9.18 Å². The van der Waals surface area contributed by atoms with E-state index < -0.39 is 0 Å². The predicted octanol–water partition coefficient (Wildman–Crippen LogP) is 3.86. The standard InChI is InChI=1S/C22H29FN4O/c1-3-7-21(28)27-19-12-10-17(11-13-19)16-26-22(24-4-2)25-15-14-18-8-5-6-9-20(18)23/h5-6,8-13H,3-4,7,14-16H2,1-2H3,(H,27,28)(H2,24,25,26). The Morgan fingerprint density at radius 2 is 1.79 bits per heavy atom. The summed E-state index contributed by atoms with van der Waals surface area (Å²) < 4.78 is 13.7. The van der Waals surface area contributed by atoms with Gasteiger partial charge in [-0.1, -0.05) is 37.3 Å². The first-order chi connectivity index (χ1) is 13.6. The zero-order chi connectivity index (χ0) is 20.2. The van der Waals surface area contributed by atoms with E-state index in [1.165, 1.54) is 6.07 Å². The molecule has 0 unspecified atom stereocenters. The maximum atomic E-state index is 13.7. The number of aliphatic imine (C=N–C) groups is 1. The largest absolute Gasteiger partial charge is 0.357 e. The molecule has 0 atom stereocenters. The van der Waals surface area contributed by atoms with E-state index in [0.29, 0.717) is 37.5 Å². The molecule has 0 heterocycles. The summed E-state index contributed by atoms with van der Waals surface area (Å²) in [6.45, 7) is 5.83. The lowest BCUT2D eigenvalue weighted by Crippen LogP contribution is -2.38. The quantitative estimate of drug-likeness (QED) is 0.454. The van der Waals surface area contributed by atoms with Crippen molar-refractivity contribution in [2.45, 2.75) is 39.7 Å². The summed E-state index contributed by atoms with van der Waals surface area (Å²) in [6.07, 6.45) is 1.94. The number of rotatable bonds is 9. The van der Waals surface area contributed by atoms with Crippen LogP contribution in [-0.4, -0.2) is 25.0 Å². The molecule has 0 spiro atoms. The molecule has 2 aromatic rings. The number of nitrogens with zero attached hydrogens (tertiary/aromatic N) is 1. The summed E-state index contributed by atoms with van der Waals surface area (Å²) in [5, 5.41) is 9.30. The molecule has 0 aromatic heterocycles. The molecule has 0 saturated carbocycles. The van der Waals surface area contributed by atoms with Gasteiger partial charge in [-0.2, -0.15) is 0 Å². The first kappa shape index (κ1) is 21.4. The lowest BCUT2D eigenvalue weighted by Gasteiger charge is -2.12. The Balaban J connectivity index is 1.87. The van der Waals surface area contributed by atoms with Crippen molar-refractivity contribution in [3.8, 4) is 0 Å². The highest BCUT2D eigenvalue weighted by Gasteiger charge is 2.03. The van der Waals surface area contributed by atoms with E-state index in [4.69, 9.17) is 0 Å². The van der Waals surface area contributed by atoms with Crippen LogP contribution in [0.2, 0.25) is 0 Å². The number of hydrogen-bond acceptors (Lipinski definition) is 2. The van der Waals surface area contributed by atoms with Crippen LogP contribution in [0.15, 0.2) is 53.5 Å². The Bertz CT molecular complexity index is 774. The summed E-state index contributed by atoms with van der Waals surface area (Å²) in [6, 6.07) is 14.5. The monoisotopic (exact) mass is 384 g/mol. The average molecular weight is 384 g/mol. The van der Waals surface area contributed by atoms with Gasteiger partial charge in [0.25, 0.3) is 0 Å². The van der Waals surface area contributed by atoms with E-state index in [-0.39, 0.29) is 11.7 Å². The van der Waals surface area contributed by atoms with Gasteiger partial charge < -0.3 is 16.0 Å². The normalized spacial score (nSPS) is 11.2. The third kappa shape index (κ3) is 7.39. The number of benzene rings is 2. The molecule has 0 radical (unpaired) electrons. The van der Waals surface area contributed by atoms with Crippen molar-refractivity contribution < 1.29 is 9.18 Å². The molecule has 0 fully saturated rings. The number of nitrogens with one attached hydrogen (secondary N) is 3. The molecule has 28 heavy (non-hydrogen) atoms. The average Bonchev–Trinajstić information content (AvgIpc) is 2.69.